The molecule has 0 atom stereocenters. The van der Waals surface area contributed by atoms with Crippen molar-refractivity contribution in [3.63, 3.8) is 0 Å². The lowest BCUT2D eigenvalue weighted by molar-refractivity contribution is 0.0954. The van der Waals surface area contributed by atoms with Gasteiger partial charge in [-0.15, -0.1) is 0 Å². The number of amides is 1. The van der Waals surface area contributed by atoms with Gasteiger partial charge in [0.25, 0.3) is 5.91 Å². The van der Waals surface area contributed by atoms with Crippen LogP contribution < -0.4 is 16.0 Å². The fourth-order valence-corrected chi connectivity index (χ4v) is 2.22. The van der Waals surface area contributed by atoms with Crippen LogP contribution in [0.4, 0.5) is 11.6 Å². The summed E-state index contributed by atoms with van der Waals surface area (Å²) in [4.78, 5) is 20.7. The summed E-state index contributed by atoms with van der Waals surface area (Å²) in [6.07, 6.45) is 0. The van der Waals surface area contributed by atoms with Gasteiger partial charge >= 0.3 is 0 Å². The molecular formula is C17H23N5O. The summed E-state index contributed by atoms with van der Waals surface area (Å²) in [5.74, 6) is 2.19. The number of carbonyl (C=O) groups excluding carboxylic acids is 1. The molecule has 3 N–H and O–H groups in total. The number of anilines is 2. The zero-order valence-electron chi connectivity index (χ0n) is 13.8. The van der Waals surface area contributed by atoms with E-state index in [0.717, 1.165) is 23.7 Å². The summed E-state index contributed by atoms with van der Waals surface area (Å²) in [6, 6.07) is 9.41. The van der Waals surface area contributed by atoms with Gasteiger partial charge in [-0.05, 0) is 32.4 Å². The zero-order valence-corrected chi connectivity index (χ0v) is 13.8. The molecule has 6 heteroatoms. The van der Waals surface area contributed by atoms with Crippen LogP contribution >= 0.6 is 0 Å². The molecule has 0 spiro atoms. The molecule has 0 unspecified atom stereocenters. The number of carbonyl (C=O) groups is 1. The Morgan fingerprint density at radius 2 is 1.74 bits per heavy atom. The molecule has 1 heterocycles. The topological polar surface area (TPSA) is 78.9 Å². The van der Waals surface area contributed by atoms with Crippen LogP contribution in [0.15, 0.2) is 30.3 Å². The number of nitrogens with zero attached hydrogens (tertiary/aromatic N) is 2. The molecule has 0 aliphatic carbocycles. The third-order valence-corrected chi connectivity index (χ3v) is 3.30. The smallest absolute Gasteiger partial charge is 0.251 e. The van der Waals surface area contributed by atoms with E-state index >= 15 is 0 Å². The van der Waals surface area contributed by atoms with Crippen molar-refractivity contribution in [3.05, 3.63) is 47.3 Å². The van der Waals surface area contributed by atoms with E-state index in [-0.39, 0.29) is 5.91 Å². The van der Waals surface area contributed by atoms with Crippen LogP contribution in [0.2, 0.25) is 0 Å². The number of rotatable bonds is 7. The summed E-state index contributed by atoms with van der Waals surface area (Å²) in [7, 11) is 0. The summed E-state index contributed by atoms with van der Waals surface area (Å²) >= 11 is 0. The maximum atomic E-state index is 12.1. The molecule has 2 rings (SSSR count). The van der Waals surface area contributed by atoms with Crippen LogP contribution in [0.1, 0.15) is 28.7 Å². The second-order valence-electron chi connectivity index (χ2n) is 5.21. The molecule has 1 aromatic heterocycles. The minimum atomic E-state index is -0.0582. The van der Waals surface area contributed by atoms with Crippen molar-refractivity contribution in [2.45, 2.75) is 20.8 Å². The van der Waals surface area contributed by atoms with Gasteiger partial charge in [0, 0.05) is 31.3 Å². The molecule has 23 heavy (non-hydrogen) atoms. The van der Waals surface area contributed by atoms with Gasteiger partial charge in [0.1, 0.15) is 17.5 Å². The predicted octanol–water partition coefficient (Wildman–Crippen LogP) is 2.37. The highest BCUT2D eigenvalue weighted by Gasteiger charge is 2.07. The molecule has 0 bridgehead atoms. The normalized spacial score (nSPS) is 10.2. The first-order valence-corrected chi connectivity index (χ1v) is 7.77. The first-order chi connectivity index (χ1) is 11.1. The molecular weight excluding hydrogens is 290 g/mol. The lowest BCUT2D eigenvalue weighted by Crippen LogP contribution is -2.29. The molecule has 0 aliphatic heterocycles. The quantitative estimate of drug-likeness (QED) is 0.684. The second kappa shape index (κ2) is 8.12. The number of aryl methyl sites for hydroxylation is 2. The van der Waals surface area contributed by atoms with Crippen molar-refractivity contribution in [1.29, 1.82) is 0 Å². The van der Waals surface area contributed by atoms with Crippen molar-refractivity contribution in [2.75, 3.05) is 30.3 Å². The van der Waals surface area contributed by atoms with E-state index in [1.165, 1.54) is 0 Å². The summed E-state index contributed by atoms with van der Waals surface area (Å²) in [6.45, 7) is 7.73. The highest BCUT2D eigenvalue weighted by molar-refractivity contribution is 5.95. The highest BCUT2D eigenvalue weighted by atomic mass is 16.1. The SMILES string of the molecule is CCNc1cc(NCCNC(=O)c2ccccc2C)nc(C)n1. The van der Waals surface area contributed by atoms with Crippen molar-refractivity contribution in [3.8, 4) is 0 Å². The Labute approximate surface area is 136 Å². The van der Waals surface area contributed by atoms with Gasteiger partial charge in [-0.25, -0.2) is 9.97 Å². The van der Waals surface area contributed by atoms with Gasteiger partial charge in [0.15, 0.2) is 0 Å². The third kappa shape index (κ3) is 4.95. The Balaban J connectivity index is 1.84. The third-order valence-electron chi connectivity index (χ3n) is 3.30. The van der Waals surface area contributed by atoms with E-state index < -0.39 is 0 Å². The van der Waals surface area contributed by atoms with Crippen molar-refractivity contribution >= 4 is 17.5 Å². The summed E-state index contributed by atoms with van der Waals surface area (Å²) in [5, 5.41) is 9.27. The first-order valence-electron chi connectivity index (χ1n) is 7.77. The maximum absolute atomic E-state index is 12.1. The van der Waals surface area contributed by atoms with Gasteiger partial charge in [0.2, 0.25) is 0 Å². The summed E-state index contributed by atoms with van der Waals surface area (Å²) in [5.41, 5.74) is 1.68. The monoisotopic (exact) mass is 313 g/mol. The van der Waals surface area contributed by atoms with Gasteiger partial charge in [-0.3, -0.25) is 4.79 Å². The predicted molar refractivity (Wildman–Crippen MR) is 92.9 cm³/mol. The highest BCUT2D eigenvalue weighted by Crippen LogP contribution is 2.10. The van der Waals surface area contributed by atoms with Crippen LogP contribution in [0, 0.1) is 13.8 Å². The van der Waals surface area contributed by atoms with Crippen LogP contribution in [0.25, 0.3) is 0 Å². The van der Waals surface area contributed by atoms with Crippen molar-refractivity contribution in [2.24, 2.45) is 0 Å². The van der Waals surface area contributed by atoms with Crippen molar-refractivity contribution < 1.29 is 4.79 Å². The van der Waals surface area contributed by atoms with Gasteiger partial charge in [-0.2, -0.15) is 0 Å². The zero-order chi connectivity index (χ0) is 16.7. The van der Waals surface area contributed by atoms with E-state index in [1.54, 1.807) is 0 Å². The average molecular weight is 313 g/mol. The fourth-order valence-electron chi connectivity index (χ4n) is 2.22. The molecule has 0 aliphatic rings. The minimum absolute atomic E-state index is 0.0582. The molecule has 0 saturated heterocycles. The van der Waals surface area contributed by atoms with Crippen LogP contribution in [0.3, 0.4) is 0 Å². The lowest BCUT2D eigenvalue weighted by Gasteiger charge is -2.10. The molecule has 2 aromatic rings. The largest absolute Gasteiger partial charge is 0.370 e. The molecule has 0 radical (unpaired) electrons. The summed E-state index contributed by atoms with van der Waals surface area (Å²) < 4.78 is 0. The second-order valence-corrected chi connectivity index (χ2v) is 5.21. The van der Waals surface area contributed by atoms with E-state index in [4.69, 9.17) is 0 Å². The first kappa shape index (κ1) is 16.7. The Bertz CT molecular complexity index is 672. The van der Waals surface area contributed by atoms with Crippen LogP contribution in [0.5, 0.6) is 0 Å². The van der Waals surface area contributed by atoms with Crippen molar-refractivity contribution in [1.82, 2.24) is 15.3 Å². The van der Waals surface area contributed by atoms with Gasteiger partial charge in [0.05, 0.1) is 0 Å². The molecule has 1 amide bonds. The van der Waals surface area contributed by atoms with Gasteiger partial charge < -0.3 is 16.0 Å². The number of hydrogen-bond acceptors (Lipinski definition) is 5. The van der Waals surface area contributed by atoms with E-state index in [9.17, 15) is 4.79 Å². The number of aromatic nitrogens is 2. The molecule has 6 nitrogen and oxygen atoms in total. The average Bonchev–Trinajstić information content (AvgIpc) is 2.51. The van der Waals surface area contributed by atoms with Gasteiger partial charge in [-0.1, -0.05) is 18.2 Å². The fraction of sp³-hybridized carbons (Fsp3) is 0.353. The Morgan fingerprint density at radius 3 is 2.43 bits per heavy atom. The molecule has 1 aromatic carbocycles. The Hall–Kier alpha value is -2.63. The van der Waals surface area contributed by atoms with E-state index in [1.807, 2.05) is 51.1 Å². The Morgan fingerprint density at radius 1 is 1.04 bits per heavy atom. The number of hydrogen-bond donors (Lipinski definition) is 3. The standard InChI is InChI=1S/C17H23N5O/c1-4-18-15-11-16(22-13(3)21-15)19-9-10-20-17(23)14-8-6-5-7-12(14)2/h5-8,11H,4,9-10H2,1-3H3,(H,20,23)(H2,18,19,21,22). The van der Waals surface area contributed by atoms with E-state index in [0.29, 0.717) is 24.5 Å². The van der Waals surface area contributed by atoms with E-state index in [2.05, 4.69) is 25.9 Å². The minimum Gasteiger partial charge on any atom is -0.370 e. The van der Waals surface area contributed by atoms with Crippen LogP contribution in [-0.2, 0) is 0 Å². The Kier molecular flexibility index (Phi) is 5.91. The molecule has 0 saturated carbocycles. The maximum Gasteiger partial charge on any atom is 0.251 e. The van der Waals surface area contributed by atoms with Crippen LogP contribution in [-0.4, -0.2) is 35.5 Å². The lowest BCUT2D eigenvalue weighted by atomic mass is 10.1. The number of benzene rings is 1. The number of nitrogens with one attached hydrogen (secondary N) is 3. The molecule has 122 valence electrons. The molecule has 0 fully saturated rings.